The van der Waals surface area contributed by atoms with Gasteiger partial charge < -0.3 is 14.8 Å². The van der Waals surface area contributed by atoms with Crippen molar-refractivity contribution in [1.29, 1.82) is 0 Å². The number of hydrogen-bond donors (Lipinski definition) is 2. The highest BCUT2D eigenvalue weighted by Crippen LogP contribution is 2.32. The van der Waals surface area contributed by atoms with Crippen molar-refractivity contribution >= 4 is 12.6 Å². The molecule has 0 aliphatic heterocycles. The van der Waals surface area contributed by atoms with E-state index in [9.17, 15) is 17.6 Å². The Kier molecular flexibility index (Phi) is 3.44. The average molecular weight is 238 g/mol. The predicted molar refractivity (Wildman–Crippen MR) is 47.8 cm³/mol. The predicted octanol–water partition coefficient (Wildman–Crippen LogP) is 0.533. The molecule has 0 aliphatic carbocycles. The van der Waals surface area contributed by atoms with Crippen LogP contribution < -0.4 is 10.2 Å². The van der Waals surface area contributed by atoms with Gasteiger partial charge >= 0.3 is 13.3 Å². The van der Waals surface area contributed by atoms with Crippen LogP contribution in [-0.4, -0.2) is 24.3 Å². The number of methoxy groups -OCH3 is 1. The molecule has 3 nitrogen and oxygen atoms in total. The van der Waals surface area contributed by atoms with Gasteiger partial charge in [-0.15, -0.1) is 0 Å². The van der Waals surface area contributed by atoms with Crippen molar-refractivity contribution in [2.45, 2.75) is 6.18 Å². The lowest BCUT2D eigenvalue weighted by Crippen LogP contribution is -2.34. The molecule has 8 heteroatoms. The molecular formula is C8H7BF4O3. The summed E-state index contributed by atoms with van der Waals surface area (Å²) in [6.45, 7) is 0. The van der Waals surface area contributed by atoms with E-state index in [1.807, 2.05) is 0 Å². The molecule has 2 N–H and O–H groups in total. The van der Waals surface area contributed by atoms with Crippen molar-refractivity contribution in [2.24, 2.45) is 0 Å². The van der Waals surface area contributed by atoms with Crippen LogP contribution in [0.15, 0.2) is 12.1 Å². The third-order valence-corrected chi connectivity index (χ3v) is 1.89. The van der Waals surface area contributed by atoms with Crippen LogP contribution in [0.2, 0.25) is 0 Å². The Labute approximate surface area is 88.4 Å². The van der Waals surface area contributed by atoms with Crippen molar-refractivity contribution in [1.82, 2.24) is 0 Å². The quantitative estimate of drug-likeness (QED) is 0.583. The van der Waals surface area contributed by atoms with E-state index < -0.39 is 30.1 Å². The molecule has 0 aromatic heterocycles. The van der Waals surface area contributed by atoms with Gasteiger partial charge in [0.15, 0.2) is 0 Å². The molecule has 16 heavy (non-hydrogen) atoms. The molecule has 0 fully saturated rings. The second-order valence-corrected chi connectivity index (χ2v) is 2.95. The molecule has 0 atom stereocenters. The van der Waals surface area contributed by atoms with Gasteiger partial charge in [0.25, 0.3) is 0 Å². The van der Waals surface area contributed by atoms with E-state index >= 15 is 0 Å². The van der Waals surface area contributed by atoms with Gasteiger partial charge in [-0.3, -0.25) is 0 Å². The van der Waals surface area contributed by atoms with Crippen molar-refractivity contribution in [3.63, 3.8) is 0 Å². The molecular weight excluding hydrogens is 231 g/mol. The smallest absolute Gasteiger partial charge is 0.491 e. The van der Waals surface area contributed by atoms with Crippen LogP contribution in [0.5, 0.6) is 5.75 Å². The van der Waals surface area contributed by atoms with Crippen LogP contribution in [0.3, 0.4) is 0 Å². The molecule has 0 unspecified atom stereocenters. The number of ether oxygens (including phenoxy) is 1. The Hall–Kier alpha value is -1.28. The Bertz CT molecular complexity index is 392. The van der Waals surface area contributed by atoms with Crippen LogP contribution in [-0.2, 0) is 6.18 Å². The number of alkyl halides is 3. The highest BCUT2D eigenvalue weighted by Gasteiger charge is 2.37. The summed E-state index contributed by atoms with van der Waals surface area (Å²) in [6.07, 6.45) is -4.93. The molecule has 0 heterocycles. The van der Waals surface area contributed by atoms with Gasteiger partial charge in [0.2, 0.25) is 0 Å². The summed E-state index contributed by atoms with van der Waals surface area (Å²) in [6, 6.07) is 1.23. The molecule has 0 saturated carbocycles. The zero-order valence-corrected chi connectivity index (χ0v) is 8.05. The van der Waals surface area contributed by atoms with Gasteiger partial charge in [-0.2, -0.15) is 13.2 Å². The SMILES string of the molecule is COc1cc(B(O)O)c(F)c(C(F)(F)F)c1. The lowest BCUT2D eigenvalue weighted by Gasteiger charge is -2.13. The fraction of sp³-hybridized carbons (Fsp3) is 0.250. The maximum Gasteiger partial charge on any atom is 0.491 e. The first-order valence-corrected chi connectivity index (χ1v) is 4.08. The normalized spacial score (nSPS) is 11.4. The molecule has 88 valence electrons. The molecule has 0 bridgehead atoms. The van der Waals surface area contributed by atoms with E-state index in [1.165, 1.54) is 0 Å². The maximum atomic E-state index is 13.2. The first-order chi connectivity index (χ1) is 7.27. The summed E-state index contributed by atoms with van der Waals surface area (Å²) in [4.78, 5) is 0. The van der Waals surface area contributed by atoms with Gasteiger partial charge in [0.1, 0.15) is 11.6 Å². The van der Waals surface area contributed by atoms with E-state index in [0.29, 0.717) is 6.07 Å². The first-order valence-electron chi connectivity index (χ1n) is 4.08. The highest BCUT2D eigenvalue weighted by atomic mass is 19.4. The molecule has 0 amide bonds. The minimum Gasteiger partial charge on any atom is -0.497 e. The van der Waals surface area contributed by atoms with Gasteiger partial charge in [-0.05, 0) is 12.1 Å². The second kappa shape index (κ2) is 4.30. The van der Waals surface area contributed by atoms with Crippen molar-refractivity contribution in [3.8, 4) is 5.75 Å². The summed E-state index contributed by atoms with van der Waals surface area (Å²) in [5.74, 6) is -2.03. The van der Waals surface area contributed by atoms with Gasteiger partial charge in [0.05, 0.1) is 12.7 Å². The average Bonchev–Trinajstić information content (AvgIpc) is 2.15. The fourth-order valence-corrected chi connectivity index (χ4v) is 1.13. The minimum atomic E-state index is -4.93. The third kappa shape index (κ3) is 2.45. The monoisotopic (exact) mass is 238 g/mol. The Balaban J connectivity index is 3.44. The topological polar surface area (TPSA) is 49.7 Å². The molecule has 0 spiro atoms. The molecule has 0 radical (unpaired) electrons. The largest absolute Gasteiger partial charge is 0.497 e. The standard InChI is InChI=1S/C8H7BF4O3/c1-16-4-2-5(8(11,12)13)7(10)6(3-4)9(14)15/h2-3,14-15H,1H3. The molecule has 0 aliphatic rings. The van der Waals surface area contributed by atoms with E-state index in [4.69, 9.17) is 10.0 Å². The van der Waals surface area contributed by atoms with Crippen LogP contribution >= 0.6 is 0 Å². The zero-order chi connectivity index (χ0) is 12.5. The Morgan fingerprint density at radius 1 is 1.25 bits per heavy atom. The molecule has 1 aromatic rings. The van der Waals surface area contributed by atoms with Crippen molar-refractivity contribution in [2.75, 3.05) is 7.11 Å². The summed E-state index contributed by atoms with van der Waals surface area (Å²) in [7, 11) is -1.25. The summed E-state index contributed by atoms with van der Waals surface area (Å²) in [5, 5.41) is 17.4. The summed E-state index contributed by atoms with van der Waals surface area (Å²) in [5.41, 5.74) is -2.48. The third-order valence-electron chi connectivity index (χ3n) is 1.89. The van der Waals surface area contributed by atoms with Crippen LogP contribution in [0, 0.1) is 5.82 Å². The van der Waals surface area contributed by atoms with E-state index in [1.54, 1.807) is 0 Å². The lowest BCUT2D eigenvalue weighted by atomic mass is 9.78. The number of hydrogen-bond acceptors (Lipinski definition) is 3. The highest BCUT2D eigenvalue weighted by molar-refractivity contribution is 6.58. The minimum absolute atomic E-state index is 0.308. The zero-order valence-electron chi connectivity index (χ0n) is 8.05. The summed E-state index contributed by atoms with van der Waals surface area (Å²) >= 11 is 0. The molecule has 1 aromatic carbocycles. The van der Waals surface area contributed by atoms with Gasteiger partial charge in [-0.25, -0.2) is 4.39 Å². The van der Waals surface area contributed by atoms with Crippen molar-refractivity contribution in [3.05, 3.63) is 23.5 Å². The number of rotatable bonds is 2. The van der Waals surface area contributed by atoms with E-state index in [2.05, 4.69) is 4.74 Å². The lowest BCUT2D eigenvalue weighted by molar-refractivity contribution is -0.140. The number of halogens is 4. The second-order valence-electron chi connectivity index (χ2n) is 2.95. The fourth-order valence-electron chi connectivity index (χ4n) is 1.13. The van der Waals surface area contributed by atoms with Crippen LogP contribution in [0.25, 0.3) is 0 Å². The van der Waals surface area contributed by atoms with Gasteiger partial charge in [0, 0.05) is 5.46 Å². The van der Waals surface area contributed by atoms with Gasteiger partial charge in [-0.1, -0.05) is 0 Å². The van der Waals surface area contributed by atoms with Crippen LogP contribution in [0.4, 0.5) is 17.6 Å². The van der Waals surface area contributed by atoms with E-state index in [0.717, 1.165) is 13.2 Å². The number of benzene rings is 1. The Morgan fingerprint density at radius 2 is 1.81 bits per heavy atom. The maximum absolute atomic E-state index is 13.2. The van der Waals surface area contributed by atoms with Crippen molar-refractivity contribution < 1.29 is 32.3 Å². The first kappa shape index (κ1) is 12.8. The Morgan fingerprint density at radius 3 is 2.19 bits per heavy atom. The molecule has 1 rings (SSSR count). The molecule has 0 saturated heterocycles. The van der Waals surface area contributed by atoms with Crippen LogP contribution in [0.1, 0.15) is 5.56 Å². The van der Waals surface area contributed by atoms with E-state index in [-0.39, 0.29) is 5.75 Å². The summed E-state index contributed by atoms with van der Waals surface area (Å²) < 4.78 is 54.8.